The first-order chi connectivity index (χ1) is 7.56. The molecule has 1 aromatic rings. The van der Waals surface area contributed by atoms with Gasteiger partial charge in [-0.05, 0) is 26.3 Å². The van der Waals surface area contributed by atoms with Crippen molar-refractivity contribution in [2.75, 3.05) is 6.61 Å². The predicted molar refractivity (Wildman–Crippen MR) is 65.9 cm³/mol. The molecule has 0 N–H and O–H groups in total. The molecule has 0 radical (unpaired) electrons. The molecule has 0 heterocycles. The first kappa shape index (κ1) is 12.5. The van der Waals surface area contributed by atoms with E-state index in [0.29, 0.717) is 6.61 Å². The largest absolute Gasteiger partial charge is 0.465 e. The van der Waals surface area contributed by atoms with Crippen LogP contribution in [0.25, 0.3) is 6.08 Å². The number of ether oxygens (including phenoxy) is 1. The van der Waals surface area contributed by atoms with Crippen LogP contribution in [-0.2, 0) is 9.53 Å². The van der Waals surface area contributed by atoms with E-state index in [2.05, 4.69) is 0 Å². The fourth-order valence-electron chi connectivity index (χ4n) is 1.25. The molecular formula is C14H18O2. The standard InChI is InChI=1S/C14H18O2/c1-4-16-13(15)14(2,3)11-10-12-8-6-5-7-9-12/h5-11H,4H2,1-3H3/b11-10+. The monoisotopic (exact) mass is 218 g/mol. The molecule has 0 saturated carbocycles. The van der Waals surface area contributed by atoms with E-state index in [0.717, 1.165) is 5.56 Å². The van der Waals surface area contributed by atoms with E-state index in [-0.39, 0.29) is 5.97 Å². The van der Waals surface area contributed by atoms with Crippen molar-refractivity contribution in [3.63, 3.8) is 0 Å². The lowest BCUT2D eigenvalue weighted by atomic mass is 9.92. The van der Waals surface area contributed by atoms with E-state index in [9.17, 15) is 4.79 Å². The predicted octanol–water partition coefficient (Wildman–Crippen LogP) is 3.29. The summed E-state index contributed by atoms with van der Waals surface area (Å²) in [6.07, 6.45) is 3.82. The van der Waals surface area contributed by atoms with Gasteiger partial charge in [-0.2, -0.15) is 0 Å². The van der Waals surface area contributed by atoms with Crippen molar-refractivity contribution >= 4 is 12.0 Å². The van der Waals surface area contributed by atoms with Crippen LogP contribution in [0.2, 0.25) is 0 Å². The van der Waals surface area contributed by atoms with E-state index < -0.39 is 5.41 Å². The molecule has 0 atom stereocenters. The average molecular weight is 218 g/mol. The average Bonchev–Trinajstić information content (AvgIpc) is 2.28. The molecule has 16 heavy (non-hydrogen) atoms. The maximum absolute atomic E-state index is 11.6. The fraction of sp³-hybridized carbons (Fsp3) is 0.357. The van der Waals surface area contributed by atoms with E-state index in [1.807, 2.05) is 63.3 Å². The van der Waals surface area contributed by atoms with Crippen LogP contribution in [0.5, 0.6) is 0 Å². The molecule has 0 aliphatic heterocycles. The van der Waals surface area contributed by atoms with Crippen LogP contribution >= 0.6 is 0 Å². The Labute approximate surface area is 96.9 Å². The van der Waals surface area contributed by atoms with Gasteiger partial charge in [-0.1, -0.05) is 42.5 Å². The van der Waals surface area contributed by atoms with Gasteiger partial charge in [0.05, 0.1) is 12.0 Å². The third-order valence-electron chi connectivity index (χ3n) is 2.29. The quantitative estimate of drug-likeness (QED) is 0.725. The first-order valence-electron chi connectivity index (χ1n) is 5.48. The van der Waals surface area contributed by atoms with E-state index in [1.54, 1.807) is 0 Å². The number of esters is 1. The number of benzene rings is 1. The number of hydrogen-bond donors (Lipinski definition) is 0. The van der Waals surface area contributed by atoms with Crippen LogP contribution in [-0.4, -0.2) is 12.6 Å². The van der Waals surface area contributed by atoms with Crippen LogP contribution in [0.4, 0.5) is 0 Å². The summed E-state index contributed by atoms with van der Waals surface area (Å²) in [4.78, 5) is 11.6. The highest BCUT2D eigenvalue weighted by Gasteiger charge is 2.25. The number of carbonyl (C=O) groups excluding carboxylic acids is 1. The maximum atomic E-state index is 11.6. The van der Waals surface area contributed by atoms with Crippen molar-refractivity contribution in [2.24, 2.45) is 5.41 Å². The highest BCUT2D eigenvalue weighted by Crippen LogP contribution is 2.20. The Morgan fingerprint density at radius 2 is 1.94 bits per heavy atom. The molecule has 0 amide bonds. The van der Waals surface area contributed by atoms with Crippen molar-refractivity contribution in [1.29, 1.82) is 0 Å². The van der Waals surface area contributed by atoms with Gasteiger partial charge >= 0.3 is 5.97 Å². The van der Waals surface area contributed by atoms with Crippen molar-refractivity contribution in [3.8, 4) is 0 Å². The molecule has 1 aromatic carbocycles. The zero-order valence-electron chi connectivity index (χ0n) is 10.1. The number of carbonyl (C=O) groups is 1. The van der Waals surface area contributed by atoms with Crippen LogP contribution in [0.15, 0.2) is 36.4 Å². The van der Waals surface area contributed by atoms with Gasteiger partial charge in [-0.3, -0.25) is 4.79 Å². The second kappa shape index (κ2) is 5.50. The Morgan fingerprint density at radius 1 is 1.31 bits per heavy atom. The molecule has 0 aromatic heterocycles. The lowest BCUT2D eigenvalue weighted by molar-refractivity contribution is -0.150. The molecule has 0 bridgehead atoms. The Hall–Kier alpha value is -1.57. The highest BCUT2D eigenvalue weighted by molar-refractivity contribution is 5.79. The van der Waals surface area contributed by atoms with Gasteiger partial charge in [0.25, 0.3) is 0 Å². The minimum Gasteiger partial charge on any atom is -0.465 e. The van der Waals surface area contributed by atoms with Crippen LogP contribution in [0.1, 0.15) is 26.3 Å². The third-order valence-corrected chi connectivity index (χ3v) is 2.29. The maximum Gasteiger partial charge on any atom is 0.315 e. The summed E-state index contributed by atoms with van der Waals surface area (Å²) in [6.45, 7) is 5.94. The van der Waals surface area contributed by atoms with Gasteiger partial charge in [0.2, 0.25) is 0 Å². The van der Waals surface area contributed by atoms with E-state index in [1.165, 1.54) is 0 Å². The van der Waals surface area contributed by atoms with Gasteiger partial charge in [-0.15, -0.1) is 0 Å². The van der Waals surface area contributed by atoms with Gasteiger partial charge in [0.1, 0.15) is 0 Å². The normalized spacial score (nSPS) is 11.7. The lowest BCUT2D eigenvalue weighted by Crippen LogP contribution is -2.24. The SMILES string of the molecule is CCOC(=O)C(C)(C)/C=C/c1ccccc1. The zero-order chi connectivity index (χ0) is 12.0. The molecule has 0 aliphatic carbocycles. The molecule has 1 rings (SSSR count). The summed E-state index contributed by atoms with van der Waals surface area (Å²) < 4.78 is 5.00. The number of hydrogen-bond acceptors (Lipinski definition) is 2. The molecule has 0 aliphatic rings. The van der Waals surface area contributed by atoms with E-state index in [4.69, 9.17) is 4.74 Å². The van der Waals surface area contributed by atoms with Gasteiger partial charge < -0.3 is 4.74 Å². The smallest absolute Gasteiger partial charge is 0.315 e. The molecule has 2 nitrogen and oxygen atoms in total. The van der Waals surface area contributed by atoms with Crippen LogP contribution in [0.3, 0.4) is 0 Å². The summed E-state index contributed by atoms with van der Waals surface area (Å²) in [5.41, 5.74) is 0.506. The molecule has 0 saturated heterocycles. The van der Waals surface area contributed by atoms with Crippen molar-refractivity contribution in [3.05, 3.63) is 42.0 Å². The molecular weight excluding hydrogens is 200 g/mol. The minimum absolute atomic E-state index is 0.192. The summed E-state index contributed by atoms with van der Waals surface area (Å²) in [6, 6.07) is 9.90. The Bertz CT molecular complexity index is 364. The zero-order valence-corrected chi connectivity index (χ0v) is 10.1. The Morgan fingerprint density at radius 3 is 2.50 bits per heavy atom. The van der Waals surface area contributed by atoms with Crippen LogP contribution in [0, 0.1) is 5.41 Å². The molecule has 2 heteroatoms. The fourth-order valence-corrected chi connectivity index (χ4v) is 1.25. The first-order valence-corrected chi connectivity index (χ1v) is 5.48. The Kier molecular flexibility index (Phi) is 4.29. The minimum atomic E-state index is -0.578. The highest BCUT2D eigenvalue weighted by atomic mass is 16.5. The molecule has 0 spiro atoms. The molecule has 0 unspecified atom stereocenters. The van der Waals surface area contributed by atoms with Crippen LogP contribution < -0.4 is 0 Å². The second-order valence-electron chi connectivity index (χ2n) is 4.19. The van der Waals surface area contributed by atoms with Crippen molar-refractivity contribution in [2.45, 2.75) is 20.8 Å². The van der Waals surface area contributed by atoms with Gasteiger partial charge in [-0.25, -0.2) is 0 Å². The summed E-state index contributed by atoms with van der Waals surface area (Å²) in [7, 11) is 0. The number of rotatable bonds is 4. The van der Waals surface area contributed by atoms with Gasteiger partial charge in [0, 0.05) is 0 Å². The summed E-state index contributed by atoms with van der Waals surface area (Å²) in [5.74, 6) is -0.192. The summed E-state index contributed by atoms with van der Waals surface area (Å²) in [5, 5.41) is 0. The van der Waals surface area contributed by atoms with Crippen molar-refractivity contribution in [1.82, 2.24) is 0 Å². The second-order valence-corrected chi connectivity index (χ2v) is 4.19. The Balaban J connectivity index is 2.72. The van der Waals surface area contributed by atoms with Gasteiger partial charge in [0.15, 0.2) is 0 Å². The third kappa shape index (κ3) is 3.54. The van der Waals surface area contributed by atoms with E-state index >= 15 is 0 Å². The molecule has 0 fully saturated rings. The van der Waals surface area contributed by atoms with Crippen molar-refractivity contribution < 1.29 is 9.53 Å². The topological polar surface area (TPSA) is 26.3 Å². The summed E-state index contributed by atoms with van der Waals surface area (Å²) >= 11 is 0. The molecule has 86 valence electrons. The lowest BCUT2D eigenvalue weighted by Gasteiger charge is -2.17.